The van der Waals surface area contributed by atoms with Gasteiger partial charge in [-0.25, -0.2) is 0 Å². The fourth-order valence-electron chi connectivity index (χ4n) is 2.32. The number of nitrogens with zero attached hydrogens (tertiary/aromatic N) is 1. The highest BCUT2D eigenvalue weighted by Gasteiger charge is 2.38. The van der Waals surface area contributed by atoms with Crippen LogP contribution in [0.15, 0.2) is 18.2 Å². The molecule has 1 aromatic rings. The van der Waals surface area contributed by atoms with Gasteiger partial charge < -0.3 is 10.6 Å². The number of rotatable bonds is 6. The molecule has 0 spiro atoms. The van der Waals surface area contributed by atoms with E-state index in [0.29, 0.717) is 17.1 Å². The second-order valence-electron chi connectivity index (χ2n) is 5.62. The Balaban J connectivity index is 2.16. The average Bonchev–Trinajstić information content (AvgIpc) is 3.21. The maximum absolute atomic E-state index is 12.7. The Morgan fingerprint density at radius 3 is 2.52 bits per heavy atom. The standard InChI is InChI=1S/C15H20ClF3N2/c1-2-11(20)7-10-3-4-13(8-14(10)16)21(12-5-6-12)9-15(17,18)19/h3-4,8,11-12H,2,5-7,9,20H2,1H3. The van der Waals surface area contributed by atoms with Crippen molar-refractivity contribution in [1.82, 2.24) is 0 Å². The minimum Gasteiger partial charge on any atom is -0.359 e. The summed E-state index contributed by atoms with van der Waals surface area (Å²) in [6, 6.07) is 5.13. The molecule has 6 heteroatoms. The van der Waals surface area contributed by atoms with Crippen LogP contribution in [-0.2, 0) is 6.42 Å². The van der Waals surface area contributed by atoms with Crippen molar-refractivity contribution in [3.63, 3.8) is 0 Å². The van der Waals surface area contributed by atoms with E-state index in [2.05, 4.69) is 0 Å². The summed E-state index contributed by atoms with van der Waals surface area (Å²) < 4.78 is 38.1. The van der Waals surface area contributed by atoms with E-state index in [0.717, 1.165) is 24.8 Å². The second-order valence-corrected chi connectivity index (χ2v) is 6.03. The monoisotopic (exact) mass is 320 g/mol. The molecule has 118 valence electrons. The Morgan fingerprint density at radius 2 is 2.05 bits per heavy atom. The molecular formula is C15H20ClF3N2. The zero-order valence-corrected chi connectivity index (χ0v) is 12.7. The van der Waals surface area contributed by atoms with Crippen LogP contribution < -0.4 is 10.6 Å². The van der Waals surface area contributed by atoms with Gasteiger partial charge in [0.1, 0.15) is 6.54 Å². The average molecular weight is 321 g/mol. The smallest absolute Gasteiger partial charge is 0.359 e. The molecule has 1 aromatic carbocycles. The van der Waals surface area contributed by atoms with Crippen LogP contribution in [-0.4, -0.2) is 24.8 Å². The molecule has 0 saturated heterocycles. The van der Waals surface area contributed by atoms with Gasteiger partial charge in [-0.3, -0.25) is 0 Å². The van der Waals surface area contributed by atoms with Crippen molar-refractivity contribution >= 4 is 17.3 Å². The van der Waals surface area contributed by atoms with Gasteiger partial charge in [-0.15, -0.1) is 0 Å². The molecule has 1 aliphatic carbocycles. The van der Waals surface area contributed by atoms with E-state index in [1.165, 1.54) is 4.90 Å². The number of hydrogen-bond acceptors (Lipinski definition) is 2. The lowest BCUT2D eigenvalue weighted by molar-refractivity contribution is -0.120. The minimum atomic E-state index is -4.21. The Morgan fingerprint density at radius 1 is 1.38 bits per heavy atom. The lowest BCUT2D eigenvalue weighted by Gasteiger charge is -2.26. The first kappa shape index (κ1) is 16.4. The van der Waals surface area contributed by atoms with Gasteiger partial charge in [0.15, 0.2) is 0 Å². The molecule has 1 aliphatic rings. The van der Waals surface area contributed by atoms with E-state index in [1.807, 2.05) is 6.92 Å². The maximum atomic E-state index is 12.7. The minimum absolute atomic E-state index is 0.0167. The van der Waals surface area contributed by atoms with Crippen LogP contribution in [0.4, 0.5) is 18.9 Å². The first-order valence-electron chi connectivity index (χ1n) is 7.17. The van der Waals surface area contributed by atoms with Crippen LogP contribution in [0.3, 0.4) is 0 Å². The molecule has 0 radical (unpaired) electrons. The van der Waals surface area contributed by atoms with Crippen LogP contribution in [0.25, 0.3) is 0 Å². The molecule has 0 heterocycles. The van der Waals surface area contributed by atoms with Gasteiger partial charge in [0, 0.05) is 22.8 Å². The van der Waals surface area contributed by atoms with E-state index < -0.39 is 12.7 Å². The highest BCUT2D eigenvalue weighted by molar-refractivity contribution is 6.31. The number of anilines is 1. The number of nitrogens with two attached hydrogens (primary N) is 1. The highest BCUT2D eigenvalue weighted by Crippen LogP contribution is 2.36. The molecule has 0 aromatic heterocycles. The van der Waals surface area contributed by atoms with Crippen LogP contribution >= 0.6 is 11.6 Å². The van der Waals surface area contributed by atoms with Gasteiger partial charge in [-0.1, -0.05) is 24.6 Å². The second kappa shape index (κ2) is 6.44. The summed E-state index contributed by atoms with van der Waals surface area (Å²) in [5.41, 5.74) is 7.32. The molecule has 1 fully saturated rings. The highest BCUT2D eigenvalue weighted by atomic mass is 35.5. The Labute approximate surface area is 128 Å². The van der Waals surface area contributed by atoms with Crippen molar-refractivity contribution in [2.24, 2.45) is 5.73 Å². The summed E-state index contributed by atoms with van der Waals surface area (Å²) >= 11 is 6.21. The van der Waals surface area contributed by atoms with E-state index in [1.54, 1.807) is 18.2 Å². The predicted molar refractivity (Wildman–Crippen MR) is 79.8 cm³/mol. The summed E-state index contributed by atoms with van der Waals surface area (Å²) in [5.74, 6) is 0. The third-order valence-electron chi connectivity index (χ3n) is 3.71. The normalized spacial score (nSPS) is 16.9. The van der Waals surface area contributed by atoms with E-state index >= 15 is 0 Å². The van der Waals surface area contributed by atoms with Crippen molar-refractivity contribution in [2.75, 3.05) is 11.4 Å². The lowest BCUT2D eigenvalue weighted by Crippen LogP contribution is -2.36. The van der Waals surface area contributed by atoms with Gasteiger partial charge in [0.25, 0.3) is 0 Å². The summed E-state index contributed by atoms with van der Waals surface area (Å²) in [4.78, 5) is 1.40. The fourth-order valence-corrected chi connectivity index (χ4v) is 2.57. The summed E-state index contributed by atoms with van der Waals surface area (Å²) in [6.45, 7) is 1.06. The van der Waals surface area contributed by atoms with E-state index in [-0.39, 0.29) is 12.1 Å². The number of hydrogen-bond donors (Lipinski definition) is 1. The van der Waals surface area contributed by atoms with Gasteiger partial charge in [0.05, 0.1) is 0 Å². The SMILES string of the molecule is CCC(N)Cc1ccc(N(CC(F)(F)F)C2CC2)cc1Cl. The first-order chi connectivity index (χ1) is 9.80. The van der Waals surface area contributed by atoms with Crippen LogP contribution in [0, 0.1) is 0 Å². The largest absolute Gasteiger partial charge is 0.405 e. The van der Waals surface area contributed by atoms with Crippen molar-refractivity contribution < 1.29 is 13.2 Å². The third-order valence-corrected chi connectivity index (χ3v) is 4.06. The molecule has 1 atom stereocenters. The molecule has 0 bridgehead atoms. The predicted octanol–water partition coefficient (Wildman–Crippen LogP) is 4.15. The Kier molecular flexibility index (Phi) is 5.04. The first-order valence-corrected chi connectivity index (χ1v) is 7.55. The quantitative estimate of drug-likeness (QED) is 0.853. The van der Waals surface area contributed by atoms with E-state index in [9.17, 15) is 13.2 Å². The zero-order valence-electron chi connectivity index (χ0n) is 12.0. The summed E-state index contributed by atoms with van der Waals surface area (Å²) in [6.07, 6.45) is -1.14. The molecule has 2 nitrogen and oxygen atoms in total. The van der Waals surface area contributed by atoms with Gasteiger partial charge in [0.2, 0.25) is 0 Å². The number of benzene rings is 1. The van der Waals surface area contributed by atoms with Crippen molar-refractivity contribution in [2.45, 2.75) is 50.9 Å². The Bertz CT molecular complexity index is 486. The molecule has 1 saturated carbocycles. The zero-order chi connectivity index (χ0) is 15.6. The van der Waals surface area contributed by atoms with Crippen molar-refractivity contribution in [3.05, 3.63) is 28.8 Å². The molecule has 0 amide bonds. The van der Waals surface area contributed by atoms with Crippen molar-refractivity contribution in [1.29, 1.82) is 0 Å². The lowest BCUT2D eigenvalue weighted by atomic mass is 10.0. The topological polar surface area (TPSA) is 29.3 Å². The fraction of sp³-hybridized carbons (Fsp3) is 0.600. The number of halogens is 4. The number of alkyl halides is 3. The molecular weight excluding hydrogens is 301 g/mol. The molecule has 21 heavy (non-hydrogen) atoms. The molecule has 1 unspecified atom stereocenters. The molecule has 0 aliphatic heterocycles. The summed E-state index contributed by atoms with van der Waals surface area (Å²) in [7, 11) is 0. The Hall–Kier alpha value is -0.940. The van der Waals surface area contributed by atoms with Gasteiger partial charge in [-0.2, -0.15) is 13.2 Å². The third kappa shape index (κ3) is 4.78. The molecule has 2 N–H and O–H groups in total. The summed E-state index contributed by atoms with van der Waals surface area (Å²) in [5, 5.41) is 0.490. The van der Waals surface area contributed by atoms with Crippen LogP contribution in [0.1, 0.15) is 31.7 Å². The van der Waals surface area contributed by atoms with Crippen LogP contribution in [0.2, 0.25) is 5.02 Å². The van der Waals surface area contributed by atoms with Crippen molar-refractivity contribution in [3.8, 4) is 0 Å². The van der Waals surface area contributed by atoms with E-state index in [4.69, 9.17) is 17.3 Å². The van der Waals surface area contributed by atoms with Gasteiger partial charge >= 0.3 is 6.18 Å². The molecule has 2 rings (SSSR count). The van der Waals surface area contributed by atoms with Crippen LogP contribution in [0.5, 0.6) is 0 Å². The van der Waals surface area contributed by atoms with Gasteiger partial charge in [-0.05, 0) is 43.4 Å². The maximum Gasteiger partial charge on any atom is 0.405 e.